The van der Waals surface area contributed by atoms with Crippen molar-refractivity contribution in [2.45, 2.75) is 38.1 Å². The molecular weight excluding hydrogens is 194 g/mol. The molecule has 0 saturated carbocycles. The van der Waals surface area contributed by atoms with E-state index < -0.39 is 12.0 Å². The van der Waals surface area contributed by atoms with Crippen molar-refractivity contribution in [1.82, 2.24) is 4.90 Å². The molecule has 0 spiro atoms. The molecule has 84 valence electrons. The quantitative estimate of drug-likeness (QED) is 0.718. The van der Waals surface area contributed by atoms with Crippen LogP contribution in [0, 0.1) is 0 Å². The van der Waals surface area contributed by atoms with Crippen molar-refractivity contribution in [3.05, 3.63) is 12.7 Å². The van der Waals surface area contributed by atoms with Gasteiger partial charge in [0.1, 0.15) is 6.04 Å². The predicted octanol–water partition coefficient (Wildman–Crippen LogP) is 1.42. The lowest BCUT2D eigenvalue weighted by Gasteiger charge is -2.26. The molecule has 4 heteroatoms. The van der Waals surface area contributed by atoms with Crippen LogP contribution in [0.25, 0.3) is 0 Å². The number of carboxylic acid groups (broad SMARTS) is 1. The molecule has 1 N–H and O–H groups in total. The Morgan fingerprint density at radius 2 is 2.13 bits per heavy atom. The van der Waals surface area contributed by atoms with Gasteiger partial charge in [-0.25, -0.2) is 4.79 Å². The molecule has 1 aliphatic rings. The van der Waals surface area contributed by atoms with Crippen molar-refractivity contribution in [3.8, 4) is 0 Å². The van der Waals surface area contributed by atoms with Crippen LogP contribution in [0.4, 0.5) is 0 Å². The molecule has 0 bridgehead atoms. The lowest BCUT2D eigenvalue weighted by atomic mass is 10.1. The summed E-state index contributed by atoms with van der Waals surface area (Å²) >= 11 is 0. The third-order valence-electron chi connectivity index (χ3n) is 2.68. The van der Waals surface area contributed by atoms with E-state index in [1.807, 2.05) is 0 Å². The minimum absolute atomic E-state index is 0.126. The number of carbonyl (C=O) groups excluding carboxylic acids is 1. The fourth-order valence-corrected chi connectivity index (χ4v) is 1.90. The zero-order chi connectivity index (χ0) is 11.3. The molecule has 0 aromatic heterocycles. The van der Waals surface area contributed by atoms with E-state index >= 15 is 0 Å². The van der Waals surface area contributed by atoms with Gasteiger partial charge in [0.2, 0.25) is 5.91 Å². The second kappa shape index (κ2) is 5.53. The molecule has 1 fully saturated rings. The first kappa shape index (κ1) is 11.8. The van der Waals surface area contributed by atoms with Crippen LogP contribution in [-0.2, 0) is 9.59 Å². The van der Waals surface area contributed by atoms with Gasteiger partial charge in [-0.15, -0.1) is 6.58 Å². The van der Waals surface area contributed by atoms with Crippen LogP contribution in [0.15, 0.2) is 12.7 Å². The predicted molar refractivity (Wildman–Crippen MR) is 56.4 cm³/mol. The number of hydrogen-bond acceptors (Lipinski definition) is 2. The lowest BCUT2D eigenvalue weighted by molar-refractivity contribution is -0.149. The fraction of sp³-hybridized carbons (Fsp3) is 0.636. The third kappa shape index (κ3) is 3.08. The van der Waals surface area contributed by atoms with Gasteiger partial charge in [0.05, 0.1) is 0 Å². The average molecular weight is 211 g/mol. The maximum absolute atomic E-state index is 11.7. The summed E-state index contributed by atoms with van der Waals surface area (Å²) in [5.74, 6) is -1.02. The molecule has 0 radical (unpaired) electrons. The summed E-state index contributed by atoms with van der Waals surface area (Å²) in [6, 6.07) is -0.639. The highest BCUT2D eigenvalue weighted by Gasteiger charge is 2.29. The van der Waals surface area contributed by atoms with Crippen molar-refractivity contribution in [3.63, 3.8) is 0 Å². The fourth-order valence-electron chi connectivity index (χ4n) is 1.90. The summed E-state index contributed by atoms with van der Waals surface area (Å²) in [6.45, 7) is 4.05. The van der Waals surface area contributed by atoms with E-state index in [4.69, 9.17) is 5.11 Å². The van der Waals surface area contributed by atoms with E-state index in [0.717, 1.165) is 19.3 Å². The van der Waals surface area contributed by atoms with Crippen LogP contribution in [-0.4, -0.2) is 34.5 Å². The molecule has 0 aromatic carbocycles. The number of nitrogens with zero attached hydrogens (tertiary/aromatic N) is 1. The molecule has 4 nitrogen and oxygen atoms in total. The van der Waals surface area contributed by atoms with Crippen LogP contribution in [0.3, 0.4) is 0 Å². The van der Waals surface area contributed by atoms with Gasteiger partial charge in [0, 0.05) is 13.0 Å². The van der Waals surface area contributed by atoms with E-state index in [1.54, 1.807) is 0 Å². The van der Waals surface area contributed by atoms with Gasteiger partial charge in [-0.3, -0.25) is 4.79 Å². The largest absolute Gasteiger partial charge is 0.480 e. The Kier molecular flexibility index (Phi) is 4.34. The van der Waals surface area contributed by atoms with Crippen LogP contribution in [0.1, 0.15) is 32.1 Å². The molecule has 1 unspecified atom stereocenters. The zero-order valence-electron chi connectivity index (χ0n) is 8.82. The molecule has 15 heavy (non-hydrogen) atoms. The lowest BCUT2D eigenvalue weighted by Crippen LogP contribution is -2.44. The van der Waals surface area contributed by atoms with Crippen molar-refractivity contribution < 1.29 is 14.7 Å². The van der Waals surface area contributed by atoms with Crippen LogP contribution in [0.2, 0.25) is 0 Å². The first-order valence-electron chi connectivity index (χ1n) is 5.30. The summed E-state index contributed by atoms with van der Waals surface area (Å²) in [7, 11) is 0. The van der Waals surface area contributed by atoms with Crippen LogP contribution in [0.5, 0.6) is 0 Å². The molecule has 0 aliphatic carbocycles. The molecule has 1 amide bonds. The van der Waals surface area contributed by atoms with Gasteiger partial charge in [-0.1, -0.05) is 18.9 Å². The van der Waals surface area contributed by atoms with Gasteiger partial charge in [0.15, 0.2) is 0 Å². The van der Waals surface area contributed by atoms with E-state index in [2.05, 4.69) is 6.58 Å². The Morgan fingerprint density at radius 1 is 1.40 bits per heavy atom. The number of aliphatic carboxylic acids is 1. The van der Waals surface area contributed by atoms with Crippen molar-refractivity contribution in [2.24, 2.45) is 0 Å². The number of likely N-dealkylation sites (tertiary alicyclic amines) is 1. The van der Waals surface area contributed by atoms with Crippen molar-refractivity contribution >= 4 is 11.9 Å². The maximum atomic E-state index is 11.7. The SMILES string of the molecule is C=CCC(=O)N1CCCCCC1C(=O)O. The molecule has 1 aliphatic heterocycles. The van der Waals surface area contributed by atoms with Crippen molar-refractivity contribution in [1.29, 1.82) is 0 Å². The Balaban J connectivity index is 2.73. The molecule has 1 atom stereocenters. The molecule has 1 heterocycles. The van der Waals surface area contributed by atoms with Crippen molar-refractivity contribution in [2.75, 3.05) is 6.54 Å². The summed E-state index contributed by atoms with van der Waals surface area (Å²) < 4.78 is 0. The summed E-state index contributed by atoms with van der Waals surface area (Å²) in [4.78, 5) is 24.1. The summed E-state index contributed by atoms with van der Waals surface area (Å²) in [6.07, 6.45) is 5.09. The molecule has 0 aromatic rings. The average Bonchev–Trinajstić information content (AvgIpc) is 2.42. The Morgan fingerprint density at radius 3 is 2.73 bits per heavy atom. The number of carboxylic acids is 1. The first-order chi connectivity index (χ1) is 7.16. The first-order valence-corrected chi connectivity index (χ1v) is 5.30. The number of rotatable bonds is 3. The van der Waals surface area contributed by atoms with Crippen LogP contribution >= 0.6 is 0 Å². The molecular formula is C11H17NO3. The maximum Gasteiger partial charge on any atom is 0.326 e. The van der Waals surface area contributed by atoms with E-state index in [1.165, 1.54) is 11.0 Å². The highest BCUT2D eigenvalue weighted by molar-refractivity contribution is 5.84. The Bertz CT molecular complexity index is 263. The minimum Gasteiger partial charge on any atom is -0.480 e. The number of carbonyl (C=O) groups is 2. The normalized spacial score (nSPS) is 21.9. The highest BCUT2D eigenvalue weighted by atomic mass is 16.4. The van der Waals surface area contributed by atoms with E-state index in [0.29, 0.717) is 13.0 Å². The van der Waals surface area contributed by atoms with Crippen LogP contribution < -0.4 is 0 Å². The summed E-state index contributed by atoms with van der Waals surface area (Å²) in [5.41, 5.74) is 0. The smallest absolute Gasteiger partial charge is 0.326 e. The van der Waals surface area contributed by atoms with Gasteiger partial charge in [-0.05, 0) is 12.8 Å². The van der Waals surface area contributed by atoms with E-state index in [-0.39, 0.29) is 12.3 Å². The van der Waals surface area contributed by atoms with Gasteiger partial charge in [0.25, 0.3) is 0 Å². The number of hydrogen-bond donors (Lipinski definition) is 1. The van der Waals surface area contributed by atoms with Gasteiger partial charge in [-0.2, -0.15) is 0 Å². The number of amides is 1. The summed E-state index contributed by atoms with van der Waals surface area (Å²) in [5, 5.41) is 9.03. The van der Waals surface area contributed by atoms with Gasteiger partial charge < -0.3 is 10.0 Å². The Hall–Kier alpha value is -1.32. The second-order valence-corrected chi connectivity index (χ2v) is 3.78. The Labute approximate surface area is 89.6 Å². The zero-order valence-corrected chi connectivity index (χ0v) is 8.82. The second-order valence-electron chi connectivity index (χ2n) is 3.78. The third-order valence-corrected chi connectivity index (χ3v) is 2.68. The topological polar surface area (TPSA) is 57.6 Å². The highest BCUT2D eigenvalue weighted by Crippen LogP contribution is 2.17. The molecule has 1 rings (SSSR count). The minimum atomic E-state index is -0.894. The molecule has 1 saturated heterocycles. The monoisotopic (exact) mass is 211 g/mol. The standard InChI is InChI=1S/C11H17NO3/c1-2-6-10(13)12-8-5-3-4-7-9(12)11(14)15/h2,9H,1,3-8H2,(H,14,15). The van der Waals surface area contributed by atoms with Gasteiger partial charge >= 0.3 is 5.97 Å². The van der Waals surface area contributed by atoms with E-state index in [9.17, 15) is 9.59 Å².